The minimum Gasteiger partial charge on any atom is -0.484 e. The normalized spacial score (nSPS) is 14.1. The molecule has 0 unspecified atom stereocenters. The van der Waals surface area contributed by atoms with E-state index in [1.165, 1.54) is 0 Å². The molecule has 5 heteroatoms. The Morgan fingerprint density at radius 1 is 0.724 bits per heavy atom. The van der Waals surface area contributed by atoms with Crippen molar-refractivity contribution in [2.24, 2.45) is 0 Å². The van der Waals surface area contributed by atoms with Crippen LogP contribution in [0, 0.1) is 0 Å². The zero-order valence-electron chi connectivity index (χ0n) is 16.3. The number of hydrogen-bond donors (Lipinski definition) is 0. The summed E-state index contributed by atoms with van der Waals surface area (Å²) in [6.07, 6.45) is 0.403. The predicted octanol–water partition coefficient (Wildman–Crippen LogP) is 3.13. The minimum absolute atomic E-state index is 0.0102. The summed E-state index contributed by atoms with van der Waals surface area (Å²) in [6.45, 7) is 2.22. The lowest BCUT2D eigenvalue weighted by Gasteiger charge is -2.34. The lowest BCUT2D eigenvalue weighted by molar-refractivity contribution is -0.140. The molecule has 0 atom stereocenters. The molecule has 1 aliphatic heterocycles. The summed E-state index contributed by atoms with van der Waals surface area (Å²) in [6, 6.07) is 23.6. The Balaban J connectivity index is 1.25. The Bertz CT molecular complexity index is 995. The Kier molecular flexibility index (Phi) is 5.75. The van der Waals surface area contributed by atoms with Crippen LogP contribution in [0.25, 0.3) is 10.8 Å². The van der Waals surface area contributed by atoms with Gasteiger partial charge in [0.1, 0.15) is 5.75 Å². The summed E-state index contributed by atoms with van der Waals surface area (Å²) >= 11 is 0. The van der Waals surface area contributed by atoms with Gasteiger partial charge < -0.3 is 14.5 Å². The fraction of sp³-hybridized carbons (Fsp3) is 0.250. The number of benzene rings is 3. The van der Waals surface area contributed by atoms with Gasteiger partial charge >= 0.3 is 0 Å². The number of amides is 2. The quantitative estimate of drug-likeness (QED) is 0.675. The smallest absolute Gasteiger partial charge is 0.260 e. The maximum Gasteiger partial charge on any atom is 0.260 e. The molecule has 0 radical (unpaired) electrons. The van der Waals surface area contributed by atoms with Crippen molar-refractivity contribution < 1.29 is 14.3 Å². The van der Waals surface area contributed by atoms with Crippen molar-refractivity contribution in [2.45, 2.75) is 6.42 Å². The number of rotatable bonds is 5. The van der Waals surface area contributed by atoms with E-state index >= 15 is 0 Å². The van der Waals surface area contributed by atoms with E-state index in [0.717, 1.165) is 16.3 Å². The molecule has 3 aromatic rings. The van der Waals surface area contributed by atoms with Crippen LogP contribution in [0.4, 0.5) is 0 Å². The van der Waals surface area contributed by atoms with E-state index in [1.807, 2.05) is 77.7 Å². The number of nitrogens with zero attached hydrogens (tertiary/aromatic N) is 2. The van der Waals surface area contributed by atoms with Crippen LogP contribution in [0.1, 0.15) is 5.56 Å². The maximum atomic E-state index is 12.5. The molecule has 0 aliphatic carbocycles. The number of piperazine rings is 1. The van der Waals surface area contributed by atoms with Crippen LogP contribution < -0.4 is 4.74 Å². The summed E-state index contributed by atoms with van der Waals surface area (Å²) in [5, 5.41) is 2.23. The van der Waals surface area contributed by atoms with Crippen LogP contribution in [-0.2, 0) is 16.0 Å². The summed E-state index contributed by atoms with van der Waals surface area (Å²) < 4.78 is 5.71. The van der Waals surface area contributed by atoms with Crippen LogP contribution in [-0.4, -0.2) is 54.4 Å². The molecule has 0 bridgehead atoms. The van der Waals surface area contributed by atoms with Gasteiger partial charge in [0.25, 0.3) is 5.91 Å². The molecule has 3 aromatic carbocycles. The van der Waals surface area contributed by atoms with E-state index in [-0.39, 0.29) is 18.4 Å². The van der Waals surface area contributed by atoms with Crippen molar-refractivity contribution >= 4 is 22.6 Å². The summed E-state index contributed by atoms with van der Waals surface area (Å²) in [7, 11) is 0. The van der Waals surface area contributed by atoms with Gasteiger partial charge in [-0.15, -0.1) is 0 Å². The first-order chi connectivity index (χ1) is 14.2. The van der Waals surface area contributed by atoms with Gasteiger partial charge in [-0.05, 0) is 28.5 Å². The number of ether oxygens (including phenoxy) is 1. The number of carbonyl (C=O) groups is 2. The molecule has 0 saturated carbocycles. The molecular formula is C24H24N2O3. The molecule has 4 rings (SSSR count). The molecule has 0 spiro atoms. The average Bonchev–Trinajstić information content (AvgIpc) is 2.78. The van der Waals surface area contributed by atoms with E-state index in [9.17, 15) is 9.59 Å². The van der Waals surface area contributed by atoms with E-state index < -0.39 is 0 Å². The lowest BCUT2D eigenvalue weighted by Crippen LogP contribution is -2.52. The highest BCUT2D eigenvalue weighted by atomic mass is 16.5. The zero-order chi connectivity index (χ0) is 20.1. The van der Waals surface area contributed by atoms with Crippen molar-refractivity contribution in [1.82, 2.24) is 9.80 Å². The first-order valence-electron chi connectivity index (χ1n) is 9.90. The second-order valence-corrected chi connectivity index (χ2v) is 7.22. The van der Waals surface area contributed by atoms with Crippen molar-refractivity contribution in [3.8, 4) is 5.75 Å². The zero-order valence-corrected chi connectivity index (χ0v) is 16.3. The van der Waals surface area contributed by atoms with Gasteiger partial charge in [-0.1, -0.05) is 60.7 Å². The third-order valence-corrected chi connectivity index (χ3v) is 5.27. The fourth-order valence-corrected chi connectivity index (χ4v) is 3.58. The number of fused-ring (bicyclic) bond motifs is 1. The van der Waals surface area contributed by atoms with E-state index in [1.54, 1.807) is 4.90 Å². The monoisotopic (exact) mass is 388 g/mol. The minimum atomic E-state index is -0.0479. The molecule has 0 N–H and O–H groups in total. The second-order valence-electron chi connectivity index (χ2n) is 7.22. The molecule has 1 saturated heterocycles. The number of hydrogen-bond acceptors (Lipinski definition) is 3. The van der Waals surface area contributed by atoms with Crippen LogP contribution in [0.3, 0.4) is 0 Å². The third-order valence-electron chi connectivity index (χ3n) is 5.27. The van der Waals surface area contributed by atoms with Gasteiger partial charge in [-0.25, -0.2) is 0 Å². The largest absolute Gasteiger partial charge is 0.484 e. The van der Waals surface area contributed by atoms with Crippen LogP contribution in [0.2, 0.25) is 0 Å². The third kappa shape index (κ3) is 4.74. The van der Waals surface area contributed by atoms with E-state index in [2.05, 4.69) is 0 Å². The highest BCUT2D eigenvalue weighted by Crippen LogP contribution is 2.20. The van der Waals surface area contributed by atoms with Gasteiger partial charge in [0.15, 0.2) is 6.61 Å². The van der Waals surface area contributed by atoms with Gasteiger partial charge in [0.05, 0.1) is 6.42 Å². The molecule has 1 heterocycles. The van der Waals surface area contributed by atoms with Crippen molar-refractivity contribution in [3.05, 3.63) is 78.4 Å². The van der Waals surface area contributed by atoms with Crippen LogP contribution >= 0.6 is 0 Å². The fourth-order valence-electron chi connectivity index (χ4n) is 3.58. The molecule has 5 nitrogen and oxygen atoms in total. The summed E-state index contributed by atoms with van der Waals surface area (Å²) in [4.78, 5) is 28.6. The Labute approximate surface area is 170 Å². The molecular weight excluding hydrogens is 364 g/mol. The van der Waals surface area contributed by atoms with Gasteiger partial charge in [-0.2, -0.15) is 0 Å². The topological polar surface area (TPSA) is 49.9 Å². The standard InChI is InChI=1S/C24H24N2O3/c27-23(16-19-6-2-1-3-7-19)25-12-14-26(15-13-25)24(28)18-29-22-11-10-20-8-4-5-9-21(20)17-22/h1-11,17H,12-16,18H2. The summed E-state index contributed by atoms with van der Waals surface area (Å²) in [5.74, 6) is 0.748. The van der Waals surface area contributed by atoms with Gasteiger partial charge in [0.2, 0.25) is 5.91 Å². The molecule has 1 aliphatic rings. The SMILES string of the molecule is O=C(COc1ccc2ccccc2c1)N1CCN(C(=O)Cc2ccccc2)CC1. The van der Waals surface area contributed by atoms with Crippen molar-refractivity contribution in [3.63, 3.8) is 0 Å². The number of carbonyl (C=O) groups excluding carboxylic acids is 2. The van der Waals surface area contributed by atoms with Crippen LogP contribution in [0.15, 0.2) is 72.8 Å². The van der Waals surface area contributed by atoms with Crippen molar-refractivity contribution in [2.75, 3.05) is 32.8 Å². The van der Waals surface area contributed by atoms with E-state index in [4.69, 9.17) is 4.74 Å². The lowest BCUT2D eigenvalue weighted by atomic mass is 10.1. The highest BCUT2D eigenvalue weighted by molar-refractivity contribution is 5.84. The van der Waals surface area contributed by atoms with Crippen molar-refractivity contribution in [1.29, 1.82) is 0 Å². The molecule has 29 heavy (non-hydrogen) atoms. The molecule has 1 fully saturated rings. The maximum absolute atomic E-state index is 12.5. The van der Waals surface area contributed by atoms with Crippen LogP contribution in [0.5, 0.6) is 5.75 Å². The molecule has 0 aromatic heterocycles. The Morgan fingerprint density at radius 3 is 2.07 bits per heavy atom. The van der Waals surface area contributed by atoms with Gasteiger partial charge in [-0.3, -0.25) is 9.59 Å². The van der Waals surface area contributed by atoms with Gasteiger partial charge in [0, 0.05) is 26.2 Å². The first kappa shape index (κ1) is 19.0. The molecule has 148 valence electrons. The first-order valence-corrected chi connectivity index (χ1v) is 9.90. The Morgan fingerprint density at radius 2 is 1.34 bits per heavy atom. The summed E-state index contributed by atoms with van der Waals surface area (Å²) in [5.41, 5.74) is 1.01. The second kappa shape index (κ2) is 8.78. The van der Waals surface area contributed by atoms with E-state index in [0.29, 0.717) is 38.3 Å². The predicted molar refractivity (Wildman–Crippen MR) is 113 cm³/mol. The average molecular weight is 388 g/mol. The highest BCUT2D eigenvalue weighted by Gasteiger charge is 2.24. The Hall–Kier alpha value is -3.34. The molecule has 2 amide bonds.